The Morgan fingerprint density at radius 3 is 2.69 bits per heavy atom. The molecule has 13 heavy (non-hydrogen) atoms. The number of carbonyl (C=O) groups excluding carboxylic acids is 1. The smallest absolute Gasteiger partial charge is 0.256 e. The predicted molar refractivity (Wildman–Crippen MR) is 48.1 cm³/mol. The number of aromatic nitrogens is 2. The molecular formula is C8H13N3O2. The summed E-state index contributed by atoms with van der Waals surface area (Å²) in [4.78, 5) is 11.3. The van der Waals surface area contributed by atoms with Crippen molar-refractivity contribution in [3.8, 4) is 0 Å². The number of aryl methyl sites for hydroxylation is 1. The van der Waals surface area contributed by atoms with Gasteiger partial charge in [0.2, 0.25) is 0 Å². The number of hydrogen-bond donors (Lipinski definition) is 2. The first-order valence-corrected chi connectivity index (χ1v) is 3.93. The summed E-state index contributed by atoms with van der Waals surface area (Å²) < 4.78 is 1.52. The largest absolute Gasteiger partial charge is 0.381 e. The lowest BCUT2D eigenvalue weighted by atomic mass is 10.1. The third-order valence-corrected chi connectivity index (χ3v) is 1.62. The van der Waals surface area contributed by atoms with Gasteiger partial charge in [0.05, 0.1) is 6.20 Å². The quantitative estimate of drug-likeness (QED) is 0.684. The van der Waals surface area contributed by atoms with Gasteiger partial charge in [-0.1, -0.05) is 0 Å². The van der Waals surface area contributed by atoms with Crippen LogP contribution in [0.15, 0.2) is 12.3 Å². The average molecular weight is 183 g/mol. The Morgan fingerprint density at radius 1 is 1.69 bits per heavy atom. The van der Waals surface area contributed by atoms with Gasteiger partial charge in [-0.05, 0) is 13.8 Å². The zero-order valence-electron chi connectivity index (χ0n) is 7.90. The van der Waals surface area contributed by atoms with Crippen LogP contribution in [0.2, 0.25) is 0 Å². The molecule has 0 saturated heterocycles. The molecule has 0 aliphatic carbocycles. The molecule has 1 rings (SSSR count). The van der Waals surface area contributed by atoms with Crippen molar-refractivity contribution in [3.05, 3.63) is 12.3 Å². The van der Waals surface area contributed by atoms with E-state index in [9.17, 15) is 9.90 Å². The third kappa shape index (κ3) is 2.29. The van der Waals surface area contributed by atoms with Crippen molar-refractivity contribution in [1.82, 2.24) is 9.78 Å². The summed E-state index contributed by atoms with van der Waals surface area (Å²) in [5.41, 5.74) is -1.37. The predicted octanol–water partition coefficient (Wildman–Crippen LogP) is 0.130. The average Bonchev–Trinajstić information content (AvgIpc) is 2.34. The minimum atomic E-state index is -1.37. The Labute approximate surface area is 76.4 Å². The highest BCUT2D eigenvalue weighted by Gasteiger charge is 2.24. The summed E-state index contributed by atoms with van der Waals surface area (Å²) >= 11 is 0. The first-order chi connectivity index (χ1) is 5.91. The Kier molecular flexibility index (Phi) is 2.38. The van der Waals surface area contributed by atoms with E-state index in [0.717, 1.165) is 0 Å². The Balaban J connectivity index is 2.71. The van der Waals surface area contributed by atoms with E-state index in [-0.39, 0.29) is 0 Å². The second-order valence-corrected chi connectivity index (χ2v) is 3.35. The fraction of sp³-hybridized carbons (Fsp3) is 0.500. The monoisotopic (exact) mass is 183 g/mol. The second kappa shape index (κ2) is 3.18. The zero-order valence-corrected chi connectivity index (χ0v) is 7.90. The van der Waals surface area contributed by atoms with Gasteiger partial charge in [0.1, 0.15) is 11.4 Å². The fourth-order valence-corrected chi connectivity index (χ4v) is 0.766. The van der Waals surface area contributed by atoms with Crippen LogP contribution in [0.1, 0.15) is 13.8 Å². The number of aliphatic hydroxyl groups is 1. The number of anilines is 1. The van der Waals surface area contributed by atoms with Crippen LogP contribution in [0.5, 0.6) is 0 Å². The lowest BCUT2D eigenvalue weighted by Gasteiger charge is -2.16. The van der Waals surface area contributed by atoms with Gasteiger partial charge in [-0.3, -0.25) is 9.48 Å². The normalized spacial score (nSPS) is 11.4. The van der Waals surface area contributed by atoms with Crippen LogP contribution in [0.3, 0.4) is 0 Å². The van der Waals surface area contributed by atoms with Crippen LogP contribution in [-0.4, -0.2) is 26.4 Å². The molecule has 5 heteroatoms. The lowest BCUT2D eigenvalue weighted by Crippen LogP contribution is -2.37. The van der Waals surface area contributed by atoms with E-state index in [1.54, 1.807) is 19.3 Å². The summed E-state index contributed by atoms with van der Waals surface area (Å²) in [6, 6.07) is 1.66. The van der Waals surface area contributed by atoms with Crippen molar-refractivity contribution >= 4 is 11.7 Å². The summed E-state index contributed by atoms with van der Waals surface area (Å²) in [6.45, 7) is 2.86. The van der Waals surface area contributed by atoms with Crippen LogP contribution >= 0.6 is 0 Å². The Bertz CT molecular complexity index is 311. The lowest BCUT2D eigenvalue weighted by molar-refractivity contribution is -0.130. The standard InChI is InChI=1S/C8H13N3O2/c1-8(2,13)7(12)10-6-4-5-9-11(6)3/h4-5,13H,1-3H3,(H,10,12). The number of nitrogens with zero attached hydrogens (tertiary/aromatic N) is 2. The maximum Gasteiger partial charge on any atom is 0.256 e. The van der Waals surface area contributed by atoms with Crippen molar-refractivity contribution in [2.24, 2.45) is 7.05 Å². The minimum absolute atomic E-state index is 0.448. The summed E-state index contributed by atoms with van der Waals surface area (Å²) in [7, 11) is 1.71. The van der Waals surface area contributed by atoms with Crippen molar-refractivity contribution < 1.29 is 9.90 Å². The molecule has 0 fully saturated rings. The number of amides is 1. The fourth-order valence-electron chi connectivity index (χ4n) is 0.766. The van der Waals surface area contributed by atoms with E-state index < -0.39 is 11.5 Å². The van der Waals surface area contributed by atoms with Crippen molar-refractivity contribution in [2.75, 3.05) is 5.32 Å². The number of nitrogens with one attached hydrogen (secondary N) is 1. The van der Waals surface area contributed by atoms with Crippen molar-refractivity contribution in [3.63, 3.8) is 0 Å². The molecule has 0 unspecified atom stereocenters. The molecule has 5 nitrogen and oxygen atoms in total. The van der Waals surface area contributed by atoms with Crippen LogP contribution < -0.4 is 5.32 Å². The van der Waals surface area contributed by atoms with E-state index in [1.165, 1.54) is 18.5 Å². The van der Waals surface area contributed by atoms with Gasteiger partial charge in [0.15, 0.2) is 0 Å². The SMILES string of the molecule is Cn1nccc1NC(=O)C(C)(C)O. The van der Waals surface area contributed by atoms with Gasteiger partial charge in [0.25, 0.3) is 5.91 Å². The Morgan fingerprint density at radius 2 is 2.31 bits per heavy atom. The van der Waals surface area contributed by atoms with Gasteiger partial charge < -0.3 is 10.4 Å². The van der Waals surface area contributed by atoms with Crippen LogP contribution in [-0.2, 0) is 11.8 Å². The van der Waals surface area contributed by atoms with E-state index in [4.69, 9.17) is 0 Å². The highest BCUT2D eigenvalue weighted by atomic mass is 16.3. The molecular weight excluding hydrogens is 170 g/mol. The number of rotatable bonds is 2. The molecule has 72 valence electrons. The molecule has 0 atom stereocenters. The van der Waals surface area contributed by atoms with Gasteiger partial charge in [-0.15, -0.1) is 0 Å². The molecule has 0 aromatic carbocycles. The topological polar surface area (TPSA) is 67.2 Å². The molecule has 0 aliphatic rings. The molecule has 1 amide bonds. The molecule has 0 bridgehead atoms. The summed E-state index contributed by atoms with van der Waals surface area (Å²) in [6.07, 6.45) is 1.57. The molecule has 1 aromatic rings. The summed E-state index contributed by atoms with van der Waals surface area (Å²) in [5, 5.41) is 15.7. The van der Waals surface area contributed by atoms with Crippen LogP contribution in [0.25, 0.3) is 0 Å². The van der Waals surface area contributed by atoms with Crippen molar-refractivity contribution in [2.45, 2.75) is 19.4 Å². The van der Waals surface area contributed by atoms with Gasteiger partial charge in [-0.2, -0.15) is 5.10 Å². The molecule has 1 aromatic heterocycles. The second-order valence-electron chi connectivity index (χ2n) is 3.35. The molecule has 0 aliphatic heterocycles. The molecule has 1 heterocycles. The summed E-state index contributed by atoms with van der Waals surface area (Å²) in [5.74, 6) is 0.114. The van der Waals surface area contributed by atoms with Gasteiger partial charge in [0, 0.05) is 13.1 Å². The minimum Gasteiger partial charge on any atom is -0.381 e. The Hall–Kier alpha value is -1.36. The number of hydrogen-bond acceptors (Lipinski definition) is 3. The molecule has 2 N–H and O–H groups in total. The first-order valence-electron chi connectivity index (χ1n) is 3.93. The van der Waals surface area contributed by atoms with Gasteiger partial charge >= 0.3 is 0 Å². The maximum absolute atomic E-state index is 11.3. The third-order valence-electron chi connectivity index (χ3n) is 1.62. The van der Waals surface area contributed by atoms with E-state index in [0.29, 0.717) is 5.82 Å². The van der Waals surface area contributed by atoms with Gasteiger partial charge in [-0.25, -0.2) is 0 Å². The van der Waals surface area contributed by atoms with Crippen LogP contribution in [0.4, 0.5) is 5.82 Å². The van der Waals surface area contributed by atoms with E-state index >= 15 is 0 Å². The highest BCUT2D eigenvalue weighted by molar-refractivity contribution is 5.95. The first kappa shape index (κ1) is 9.73. The zero-order chi connectivity index (χ0) is 10.1. The molecule has 0 saturated carbocycles. The maximum atomic E-state index is 11.3. The molecule has 0 radical (unpaired) electrons. The van der Waals surface area contributed by atoms with E-state index in [1.807, 2.05) is 0 Å². The highest BCUT2D eigenvalue weighted by Crippen LogP contribution is 2.08. The van der Waals surface area contributed by atoms with Crippen LogP contribution in [0, 0.1) is 0 Å². The molecule has 0 spiro atoms. The number of carbonyl (C=O) groups is 1. The van der Waals surface area contributed by atoms with Crippen molar-refractivity contribution in [1.29, 1.82) is 0 Å². The van der Waals surface area contributed by atoms with E-state index in [2.05, 4.69) is 10.4 Å².